The molecule has 0 aliphatic heterocycles. The van der Waals surface area contributed by atoms with E-state index in [9.17, 15) is 0 Å². The van der Waals surface area contributed by atoms with E-state index in [4.69, 9.17) is 4.43 Å². The van der Waals surface area contributed by atoms with E-state index in [1.54, 1.807) is 0 Å². The van der Waals surface area contributed by atoms with Crippen LogP contribution in [0.2, 0.25) is 13.1 Å². The highest BCUT2D eigenvalue weighted by atomic mass is 28.3. The van der Waals surface area contributed by atoms with Gasteiger partial charge in [0, 0.05) is 11.8 Å². The number of imidazole rings is 1. The smallest absolute Gasteiger partial charge is 0.229 e. The van der Waals surface area contributed by atoms with Gasteiger partial charge in [-0.05, 0) is 39.9 Å². The largest absolute Gasteiger partial charge is 0.547 e. The number of rotatable bonds is 4. The molecule has 0 aliphatic carbocycles. The van der Waals surface area contributed by atoms with Crippen molar-refractivity contribution in [3.63, 3.8) is 0 Å². The minimum atomic E-state index is -1.10. The zero-order valence-electron chi connectivity index (χ0n) is 13.4. The lowest BCUT2D eigenvalue weighted by Gasteiger charge is -2.13. The molecule has 1 aromatic heterocycles. The van der Waals surface area contributed by atoms with E-state index in [1.165, 1.54) is 0 Å². The fraction of sp³-hybridized carbons (Fsp3) is 0.375. The van der Waals surface area contributed by atoms with Gasteiger partial charge in [-0.3, -0.25) is 9.56 Å². The summed E-state index contributed by atoms with van der Waals surface area (Å²) in [6.45, 7) is 11.0. The quantitative estimate of drug-likeness (QED) is 0.493. The molecule has 2 aromatic rings. The van der Waals surface area contributed by atoms with Crippen LogP contribution >= 0.6 is 0 Å². The Hall–Kier alpha value is -1.88. The van der Waals surface area contributed by atoms with Crippen LogP contribution in [-0.2, 0) is 6.54 Å². The summed E-state index contributed by atoms with van der Waals surface area (Å²) in [6.07, 6.45) is 2.01. The maximum absolute atomic E-state index is 5.96. The van der Waals surface area contributed by atoms with Crippen molar-refractivity contribution in [1.82, 2.24) is 9.55 Å². The van der Waals surface area contributed by atoms with Gasteiger partial charge in [0.15, 0.2) is 0 Å². The Morgan fingerprint density at radius 1 is 1.29 bits per heavy atom. The Balaban J connectivity index is 2.19. The van der Waals surface area contributed by atoms with E-state index in [-0.39, 0.29) is 0 Å². The average Bonchev–Trinajstić information content (AvgIpc) is 2.76. The molecule has 0 amide bonds. The molecule has 0 saturated heterocycles. The van der Waals surface area contributed by atoms with E-state index in [0.717, 1.165) is 28.7 Å². The van der Waals surface area contributed by atoms with Crippen molar-refractivity contribution >= 4 is 14.9 Å². The van der Waals surface area contributed by atoms with E-state index in [0.29, 0.717) is 6.54 Å². The summed E-state index contributed by atoms with van der Waals surface area (Å²) in [5.74, 6) is 2.88. The Kier molecular flexibility index (Phi) is 4.96. The first-order valence-corrected chi connectivity index (χ1v) is 10.0. The van der Waals surface area contributed by atoms with E-state index >= 15 is 0 Å². The minimum Gasteiger partial charge on any atom is -0.547 e. The third-order valence-electron chi connectivity index (χ3n) is 3.16. The van der Waals surface area contributed by atoms with Crippen molar-refractivity contribution in [1.29, 1.82) is 0 Å². The predicted octanol–water partition coefficient (Wildman–Crippen LogP) is 3.33. The third-order valence-corrected chi connectivity index (χ3v) is 3.89. The van der Waals surface area contributed by atoms with E-state index in [1.807, 2.05) is 49.7 Å². The Bertz CT molecular complexity index is 647. The number of nitrogens with zero attached hydrogens (tertiary/aromatic N) is 3. The number of para-hydroxylation sites is 1. The first-order chi connectivity index (χ1) is 9.97. The molecule has 112 valence electrons. The lowest BCUT2D eigenvalue weighted by molar-refractivity contribution is 0.571. The molecule has 0 N–H and O–H groups in total. The molecule has 0 fully saturated rings. The Morgan fingerprint density at radius 2 is 2.00 bits per heavy atom. The topological polar surface area (TPSA) is 39.4 Å². The van der Waals surface area contributed by atoms with Crippen molar-refractivity contribution in [2.24, 2.45) is 4.99 Å². The maximum Gasteiger partial charge on any atom is 0.229 e. The monoisotopic (exact) mass is 301 g/mol. The van der Waals surface area contributed by atoms with Crippen LogP contribution in [0.3, 0.4) is 0 Å². The van der Waals surface area contributed by atoms with E-state index in [2.05, 4.69) is 29.1 Å². The second-order valence-corrected chi connectivity index (χ2v) is 7.77. The summed E-state index contributed by atoms with van der Waals surface area (Å²) in [6, 6.07) is 8.14. The minimum absolute atomic E-state index is 0.625. The lowest BCUT2D eigenvalue weighted by atomic mass is 10.2. The molecule has 0 radical (unpaired) electrons. The van der Waals surface area contributed by atoms with Gasteiger partial charge >= 0.3 is 0 Å². The molecule has 0 spiro atoms. The summed E-state index contributed by atoms with van der Waals surface area (Å²) in [5.41, 5.74) is 2.14. The van der Waals surface area contributed by atoms with Crippen LogP contribution in [0.15, 0.2) is 35.5 Å². The molecular weight excluding hydrogens is 278 g/mol. The zero-order valence-corrected chi connectivity index (χ0v) is 14.6. The summed E-state index contributed by atoms with van der Waals surface area (Å²) in [4.78, 5) is 9.09. The van der Waals surface area contributed by atoms with Gasteiger partial charge < -0.3 is 4.43 Å². The molecule has 21 heavy (non-hydrogen) atoms. The number of aryl methyl sites for hydroxylation is 2. The van der Waals surface area contributed by atoms with E-state index < -0.39 is 9.04 Å². The Morgan fingerprint density at radius 3 is 2.62 bits per heavy atom. The number of hydrogen-bond donors (Lipinski definition) is 0. The summed E-state index contributed by atoms with van der Waals surface area (Å²) >= 11 is 0. The molecule has 1 heterocycles. The SMILES string of the molecule is CC(=NCc1ccccc1O[SiH](C)C)n1cc(C)nc1C. The van der Waals surface area contributed by atoms with Gasteiger partial charge in [0.25, 0.3) is 0 Å². The first-order valence-electron chi connectivity index (χ1n) is 7.26. The van der Waals surface area contributed by atoms with Crippen molar-refractivity contribution in [2.45, 2.75) is 40.4 Å². The third kappa shape index (κ3) is 4.04. The second-order valence-electron chi connectivity index (χ2n) is 5.44. The zero-order chi connectivity index (χ0) is 15.4. The maximum atomic E-state index is 5.96. The van der Waals surface area contributed by atoms with Gasteiger partial charge in [-0.2, -0.15) is 0 Å². The number of aromatic nitrogens is 2. The van der Waals surface area contributed by atoms with Crippen LogP contribution in [0, 0.1) is 13.8 Å². The first kappa shape index (κ1) is 15.5. The number of hydrogen-bond acceptors (Lipinski definition) is 3. The fourth-order valence-electron chi connectivity index (χ4n) is 2.22. The van der Waals surface area contributed by atoms with Gasteiger partial charge in [0.2, 0.25) is 9.04 Å². The van der Waals surface area contributed by atoms with Crippen LogP contribution in [0.4, 0.5) is 0 Å². The van der Waals surface area contributed by atoms with Gasteiger partial charge in [-0.25, -0.2) is 4.98 Å². The normalized spacial score (nSPS) is 12.0. The molecule has 0 saturated carbocycles. The Labute approximate surface area is 128 Å². The average molecular weight is 301 g/mol. The molecule has 0 bridgehead atoms. The molecule has 0 aliphatic rings. The highest BCUT2D eigenvalue weighted by Gasteiger charge is 2.06. The van der Waals surface area contributed by atoms with Gasteiger partial charge in [0.05, 0.1) is 12.2 Å². The summed E-state index contributed by atoms with van der Waals surface area (Å²) in [5, 5.41) is 0. The van der Waals surface area contributed by atoms with Crippen LogP contribution in [0.1, 0.15) is 24.0 Å². The molecule has 4 nitrogen and oxygen atoms in total. The molecule has 1 aromatic carbocycles. The highest BCUT2D eigenvalue weighted by Crippen LogP contribution is 2.19. The summed E-state index contributed by atoms with van der Waals surface area (Å²) in [7, 11) is -1.10. The predicted molar refractivity (Wildman–Crippen MR) is 89.9 cm³/mol. The van der Waals surface area contributed by atoms with Crippen LogP contribution < -0.4 is 4.43 Å². The fourth-order valence-corrected chi connectivity index (χ4v) is 2.96. The lowest BCUT2D eigenvalue weighted by Crippen LogP contribution is -2.13. The van der Waals surface area contributed by atoms with Gasteiger partial charge in [-0.1, -0.05) is 18.2 Å². The number of aliphatic imine (C=N–C) groups is 1. The summed E-state index contributed by atoms with van der Waals surface area (Å²) < 4.78 is 7.99. The van der Waals surface area contributed by atoms with Crippen LogP contribution in [0.5, 0.6) is 5.75 Å². The highest BCUT2D eigenvalue weighted by molar-refractivity contribution is 6.49. The number of benzene rings is 1. The second kappa shape index (κ2) is 6.71. The molecule has 0 atom stereocenters. The molecule has 0 unspecified atom stereocenters. The van der Waals surface area contributed by atoms with Crippen LogP contribution in [0.25, 0.3) is 0 Å². The van der Waals surface area contributed by atoms with Crippen molar-refractivity contribution < 1.29 is 4.43 Å². The molecule has 5 heteroatoms. The van der Waals surface area contributed by atoms with Crippen molar-refractivity contribution in [3.8, 4) is 5.75 Å². The van der Waals surface area contributed by atoms with Crippen molar-refractivity contribution in [3.05, 3.63) is 47.5 Å². The molecule has 2 rings (SSSR count). The van der Waals surface area contributed by atoms with Gasteiger partial charge in [-0.15, -0.1) is 0 Å². The molecular formula is C16H23N3OSi. The standard InChI is InChI=1S/C16H23N3OSi/c1-12-11-19(14(3)18-12)13(2)17-10-15-8-6-7-9-16(15)20-21(4)5/h6-9,11,21H,10H2,1-5H3. The van der Waals surface area contributed by atoms with Crippen molar-refractivity contribution in [2.75, 3.05) is 0 Å². The van der Waals surface area contributed by atoms with Gasteiger partial charge in [0.1, 0.15) is 17.4 Å². The van der Waals surface area contributed by atoms with Crippen LogP contribution in [-0.4, -0.2) is 24.4 Å².